The van der Waals surface area contributed by atoms with E-state index in [1.165, 1.54) is 0 Å². The van der Waals surface area contributed by atoms with Gasteiger partial charge in [0.2, 0.25) is 0 Å². The molecule has 0 aromatic rings. The highest BCUT2D eigenvalue weighted by Crippen LogP contribution is 2.07. The lowest BCUT2D eigenvalue weighted by Gasteiger charge is -2.32. The summed E-state index contributed by atoms with van der Waals surface area (Å²) in [5.74, 6) is 0. The Hall–Kier alpha value is 0.394. The molecule has 0 spiro atoms. The first-order chi connectivity index (χ1) is 3.85. The third-order valence-electron chi connectivity index (χ3n) is 1.68. The maximum Gasteiger partial charge on any atom is 0.122 e. The predicted octanol–water partition coefficient (Wildman–Crippen LogP) is 2.00. The maximum absolute atomic E-state index is 2.59. The van der Waals surface area contributed by atoms with E-state index in [0.717, 1.165) is 0 Å². The molecule has 0 fully saturated rings. The fourth-order valence-corrected chi connectivity index (χ4v) is 6.04. The topological polar surface area (TPSA) is 3.24 Å². The summed E-state index contributed by atoms with van der Waals surface area (Å²) in [4.78, 5) is 0. The van der Waals surface area contributed by atoms with Crippen molar-refractivity contribution >= 4 is 17.2 Å². The third-order valence-corrected chi connectivity index (χ3v) is 8.39. The molecule has 0 amide bonds. The van der Waals surface area contributed by atoms with Gasteiger partial charge in [0.25, 0.3) is 0 Å². The van der Waals surface area contributed by atoms with E-state index in [2.05, 4.69) is 44.0 Å². The molecular formula is C6H18NSi2. The molecule has 0 saturated carbocycles. The molecule has 0 saturated heterocycles. The molecule has 0 bridgehead atoms. The van der Waals surface area contributed by atoms with Crippen LogP contribution in [0.1, 0.15) is 0 Å². The van der Waals surface area contributed by atoms with Gasteiger partial charge in [-0.3, -0.25) is 0 Å². The van der Waals surface area contributed by atoms with Crippen molar-refractivity contribution < 1.29 is 0 Å². The van der Waals surface area contributed by atoms with Crippen LogP contribution < -0.4 is 0 Å². The summed E-state index contributed by atoms with van der Waals surface area (Å²) in [6.45, 7) is 11.9. The van der Waals surface area contributed by atoms with E-state index in [4.69, 9.17) is 0 Å². The lowest BCUT2D eigenvalue weighted by Crippen LogP contribution is -2.49. The molecule has 0 heterocycles. The van der Waals surface area contributed by atoms with E-state index < -0.39 is 8.24 Å². The minimum atomic E-state index is -0.945. The molecule has 0 aliphatic heterocycles. The molecule has 3 heteroatoms. The van der Waals surface area contributed by atoms with Crippen molar-refractivity contribution in [1.82, 2.24) is 4.23 Å². The zero-order chi connectivity index (χ0) is 7.65. The maximum atomic E-state index is 2.59. The van der Waals surface area contributed by atoms with Gasteiger partial charge in [-0.15, -0.1) is 0 Å². The first-order valence-corrected chi connectivity index (χ1v) is 9.29. The predicted molar refractivity (Wildman–Crippen MR) is 48.6 cm³/mol. The van der Waals surface area contributed by atoms with Gasteiger partial charge < -0.3 is 4.23 Å². The van der Waals surface area contributed by atoms with E-state index in [9.17, 15) is 0 Å². The Balaban J connectivity index is 3.88. The summed E-state index contributed by atoms with van der Waals surface area (Å²) in [6.07, 6.45) is 0. The zero-order valence-corrected chi connectivity index (χ0v) is 9.45. The molecule has 0 atom stereocenters. The largest absolute Gasteiger partial charge is 0.349 e. The molecule has 0 rings (SSSR count). The van der Waals surface area contributed by atoms with Gasteiger partial charge in [0, 0.05) is 0 Å². The summed E-state index contributed by atoms with van der Waals surface area (Å²) >= 11 is 0. The minimum Gasteiger partial charge on any atom is -0.349 e. The second-order valence-corrected chi connectivity index (χ2v) is 11.7. The highest BCUT2D eigenvalue weighted by atomic mass is 28.4. The summed E-state index contributed by atoms with van der Waals surface area (Å²) in [6, 6.07) is 0. The van der Waals surface area contributed by atoms with Crippen LogP contribution in [-0.4, -0.2) is 28.5 Å². The van der Waals surface area contributed by atoms with Crippen LogP contribution in [0.2, 0.25) is 32.7 Å². The fourth-order valence-electron chi connectivity index (χ4n) is 0.671. The number of hydrogen-bond acceptors (Lipinski definition) is 1. The van der Waals surface area contributed by atoms with Gasteiger partial charge >= 0.3 is 0 Å². The first kappa shape index (κ1) is 9.39. The van der Waals surface area contributed by atoms with Gasteiger partial charge in [-0.25, -0.2) is 0 Å². The van der Waals surface area contributed by atoms with E-state index >= 15 is 0 Å². The Morgan fingerprint density at radius 1 is 1.11 bits per heavy atom. The molecule has 1 radical (unpaired) electrons. The van der Waals surface area contributed by atoms with Crippen LogP contribution >= 0.6 is 0 Å². The summed E-state index contributed by atoms with van der Waals surface area (Å²) < 4.78 is 2.59. The second kappa shape index (κ2) is 2.99. The van der Waals surface area contributed by atoms with Crippen LogP contribution in [0, 0.1) is 0 Å². The quantitative estimate of drug-likeness (QED) is 0.559. The van der Waals surface area contributed by atoms with Crippen molar-refractivity contribution in [3.8, 4) is 0 Å². The van der Waals surface area contributed by atoms with Crippen LogP contribution in [0.15, 0.2) is 0 Å². The van der Waals surface area contributed by atoms with Crippen LogP contribution in [0.25, 0.3) is 0 Å². The SMILES string of the molecule is CN([Si](C)C)[Si](C)(C)C. The summed E-state index contributed by atoms with van der Waals surface area (Å²) in [5, 5.41) is 0. The normalized spacial score (nSPS) is 13.3. The highest BCUT2D eigenvalue weighted by Gasteiger charge is 2.22. The molecule has 55 valence electrons. The van der Waals surface area contributed by atoms with Crippen molar-refractivity contribution in [2.24, 2.45) is 0 Å². The number of rotatable bonds is 2. The minimum absolute atomic E-state index is 0.175. The van der Waals surface area contributed by atoms with Crippen molar-refractivity contribution in [2.45, 2.75) is 32.7 Å². The molecule has 0 aromatic carbocycles. The van der Waals surface area contributed by atoms with E-state index in [0.29, 0.717) is 0 Å². The first-order valence-electron chi connectivity index (χ1n) is 3.39. The standard InChI is InChI=1S/C6H18NSi2/c1-7(8(2)3)9(4,5)6/h1-6H3. The lowest BCUT2D eigenvalue weighted by atomic mass is 11.6. The van der Waals surface area contributed by atoms with Crippen LogP contribution in [0.3, 0.4) is 0 Å². The monoisotopic (exact) mass is 160 g/mol. The lowest BCUT2D eigenvalue weighted by molar-refractivity contribution is 0.784. The average molecular weight is 160 g/mol. The fraction of sp³-hybridized carbons (Fsp3) is 1.00. The Labute approximate surface area is 61.8 Å². The molecule has 0 N–H and O–H groups in total. The molecule has 9 heavy (non-hydrogen) atoms. The summed E-state index contributed by atoms with van der Waals surface area (Å²) in [5.41, 5.74) is 0. The summed E-state index contributed by atoms with van der Waals surface area (Å²) in [7, 11) is 1.14. The van der Waals surface area contributed by atoms with Gasteiger partial charge in [0.1, 0.15) is 17.2 Å². The zero-order valence-electron chi connectivity index (χ0n) is 7.45. The van der Waals surface area contributed by atoms with Gasteiger partial charge in [-0.1, -0.05) is 32.7 Å². The Kier molecular flexibility index (Phi) is 3.12. The number of nitrogens with zero attached hydrogens (tertiary/aromatic N) is 1. The van der Waals surface area contributed by atoms with Crippen molar-refractivity contribution in [1.29, 1.82) is 0 Å². The van der Waals surface area contributed by atoms with Crippen molar-refractivity contribution in [2.75, 3.05) is 7.05 Å². The molecule has 0 unspecified atom stereocenters. The van der Waals surface area contributed by atoms with Crippen LogP contribution in [0.4, 0.5) is 0 Å². The van der Waals surface area contributed by atoms with Crippen molar-refractivity contribution in [3.05, 3.63) is 0 Å². The highest BCUT2D eigenvalue weighted by molar-refractivity contribution is 6.82. The smallest absolute Gasteiger partial charge is 0.122 e. The second-order valence-electron chi connectivity index (χ2n) is 3.68. The van der Waals surface area contributed by atoms with Crippen molar-refractivity contribution in [3.63, 3.8) is 0 Å². The van der Waals surface area contributed by atoms with Gasteiger partial charge in [-0.2, -0.15) is 0 Å². The average Bonchev–Trinajstić information content (AvgIpc) is 1.62. The molecule has 0 aliphatic rings. The van der Waals surface area contributed by atoms with E-state index in [1.807, 2.05) is 0 Å². The van der Waals surface area contributed by atoms with Gasteiger partial charge in [0.15, 0.2) is 0 Å². The van der Waals surface area contributed by atoms with E-state index in [1.54, 1.807) is 0 Å². The molecule has 0 aliphatic carbocycles. The molecular weight excluding hydrogens is 142 g/mol. The Morgan fingerprint density at radius 2 is 1.44 bits per heavy atom. The van der Waals surface area contributed by atoms with Gasteiger partial charge in [0.05, 0.1) is 0 Å². The molecule has 1 nitrogen and oxygen atoms in total. The van der Waals surface area contributed by atoms with Crippen LogP contribution in [-0.2, 0) is 0 Å². The van der Waals surface area contributed by atoms with E-state index in [-0.39, 0.29) is 8.96 Å². The third kappa shape index (κ3) is 3.18. The Bertz CT molecular complexity index is 85.5. The Morgan fingerprint density at radius 3 is 1.44 bits per heavy atom. The number of hydrogen-bond donors (Lipinski definition) is 0. The molecule has 0 aromatic heterocycles. The van der Waals surface area contributed by atoms with Gasteiger partial charge in [-0.05, 0) is 7.05 Å². The van der Waals surface area contributed by atoms with Crippen LogP contribution in [0.5, 0.6) is 0 Å².